The van der Waals surface area contributed by atoms with E-state index in [0.29, 0.717) is 0 Å². The van der Waals surface area contributed by atoms with E-state index in [4.69, 9.17) is 0 Å². The van der Waals surface area contributed by atoms with Crippen molar-refractivity contribution in [1.82, 2.24) is 0 Å². The van der Waals surface area contributed by atoms with Crippen LogP contribution in [0.2, 0.25) is 0 Å². The smallest absolute Gasteiger partial charge is 0.0467 e. The van der Waals surface area contributed by atoms with Gasteiger partial charge in [-0.3, -0.25) is 0 Å². The van der Waals surface area contributed by atoms with E-state index in [0.717, 1.165) is 0 Å². The van der Waals surface area contributed by atoms with E-state index in [1.54, 1.807) is 0 Å². The molecule has 0 aromatic rings. The van der Waals surface area contributed by atoms with Gasteiger partial charge in [0.05, 0.1) is 0 Å². The molecule has 0 N–H and O–H groups in total. The van der Waals surface area contributed by atoms with Crippen LogP contribution >= 0.6 is 13.4 Å². The van der Waals surface area contributed by atoms with Gasteiger partial charge < -0.3 is 7.43 Å². The Kier molecular flexibility index (Phi) is 177. The van der Waals surface area contributed by atoms with E-state index in [1.807, 2.05) is 0 Å². The first kappa shape index (κ1) is 19.9. The molecule has 0 saturated heterocycles. The Morgan fingerprint density at radius 1 is 1.25 bits per heavy atom. The van der Waals surface area contributed by atoms with Crippen LogP contribution in [0.4, 0.5) is 0 Å². The fraction of sp³-hybridized carbons (Fsp3) is 0. The minimum Gasteiger partial charge on any atom is -0.358 e. The molecule has 0 aliphatic carbocycles. The van der Waals surface area contributed by atoms with Crippen LogP contribution in [0.15, 0.2) is 0 Å². The van der Waals surface area contributed by atoms with Gasteiger partial charge in [0.2, 0.25) is 0 Å². The van der Waals surface area contributed by atoms with Gasteiger partial charge in [-0.1, -0.05) is 0 Å². The molecule has 0 aromatic carbocycles. The molecule has 0 rings (SSSR count). The fourth-order valence-corrected chi connectivity index (χ4v) is 0. The van der Waals surface area contributed by atoms with E-state index in [1.165, 1.54) is 0 Å². The molecule has 0 atom stereocenters. The molecule has 0 saturated carbocycles. The van der Waals surface area contributed by atoms with Crippen LogP contribution in [0.3, 0.4) is 0 Å². The third-order valence-electron chi connectivity index (χ3n) is 0. The molecule has 0 radical (unpaired) electrons. The number of hydrogen-bond acceptors (Lipinski definition) is 0. The van der Waals surface area contributed by atoms with Crippen molar-refractivity contribution in [3.63, 3.8) is 0 Å². The normalized spacial score (nSPS) is 1.75. The molecular formula is C2H6BrPd+. The Balaban J connectivity index is -0.00000000500. The van der Waals surface area contributed by atoms with Gasteiger partial charge in [0, 0.05) is 7.43 Å². The summed E-state index contributed by atoms with van der Waals surface area (Å²) >= 11 is 5.35. The predicted molar refractivity (Wildman–Crippen MR) is 21.8 cm³/mol. The Morgan fingerprint density at radius 2 is 1.25 bits per heavy atom. The zero-order valence-electron chi connectivity index (χ0n) is 2.69. The van der Waals surface area contributed by atoms with Crippen LogP contribution in [0, 0.1) is 14.9 Å². The summed E-state index contributed by atoms with van der Waals surface area (Å²) in [7, 11) is 0. The summed E-state index contributed by atoms with van der Waals surface area (Å²) in [5.74, 6) is 0. The van der Waals surface area contributed by atoms with E-state index in [2.05, 4.69) is 30.6 Å². The van der Waals surface area contributed by atoms with Crippen molar-refractivity contribution in [3.05, 3.63) is 14.9 Å². The third kappa shape index (κ3) is 11.9. The average Bonchev–Trinajstić information content (AvgIpc) is 1.00. The van der Waals surface area contributed by atoms with Crippen LogP contribution in [0.5, 0.6) is 0 Å². The maximum atomic E-state index is 2.79. The van der Waals surface area contributed by atoms with E-state index in [-0.39, 0.29) is 14.9 Å². The zero-order valence-corrected chi connectivity index (χ0v) is 5.83. The van der Waals surface area contributed by atoms with Gasteiger partial charge in [-0.25, -0.2) is 0 Å². The fourth-order valence-electron chi connectivity index (χ4n) is 0. The summed E-state index contributed by atoms with van der Waals surface area (Å²) in [6.07, 6.45) is 0. The topological polar surface area (TPSA) is 0 Å². The van der Waals surface area contributed by atoms with Gasteiger partial charge in [-0.2, -0.15) is 0 Å². The van der Waals surface area contributed by atoms with Crippen molar-refractivity contribution >= 4 is 13.4 Å². The van der Waals surface area contributed by atoms with E-state index >= 15 is 0 Å². The van der Waals surface area contributed by atoms with Gasteiger partial charge in [0.15, 0.2) is 0 Å². The quantitative estimate of drug-likeness (QED) is 0.427. The molecule has 0 spiro atoms. The van der Waals surface area contributed by atoms with Gasteiger partial charge in [0.25, 0.3) is 0 Å². The Labute approximate surface area is 45.6 Å². The summed E-state index contributed by atoms with van der Waals surface area (Å²) in [5.41, 5.74) is 0. The molecule has 30 valence electrons. The van der Waals surface area contributed by atoms with Crippen LogP contribution in [-0.4, -0.2) is 0 Å². The monoisotopic (exact) mass is 215 g/mol. The second kappa shape index (κ2) is 35.5. The van der Waals surface area contributed by atoms with Crippen molar-refractivity contribution in [2.75, 3.05) is 0 Å². The van der Waals surface area contributed by atoms with Crippen molar-refractivity contribution in [3.8, 4) is 0 Å². The van der Waals surface area contributed by atoms with Gasteiger partial charge >= 0.3 is 30.6 Å². The van der Waals surface area contributed by atoms with Crippen molar-refractivity contribution < 1.29 is 17.2 Å². The molecule has 0 aliphatic heterocycles. The summed E-state index contributed by atoms with van der Waals surface area (Å²) in [6, 6.07) is 0. The molecule has 0 nitrogen and oxygen atoms in total. The van der Waals surface area contributed by atoms with Gasteiger partial charge in [-0.05, 0) is 0 Å². The Hall–Kier alpha value is 1.01. The largest absolute Gasteiger partial charge is 0.358 e. The maximum absolute atomic E-state index is 2.79. The first-order valence-electron chi connectivity index (χ1n) is 0.120. The molecule has 0 fully saturated rings. The SMILES string of the molecule is [Br][Pd+].[CH3+].[CH3-]. The van der Waals surface area contributed by atoms with Crippen LogP contribution in [-0.2, 0) is 17.2 Å². The molecule has 4 heavy (non-hydrogen) atoms. The first-order chi connectivity index (χ1) is 1.00. The summed E-state index contributed by atoms with van der Waals surface area (Å²) in [6.45, 7) is 0. The second-order valence-corrected chi connectivity index (χ2v) is 0. The van der Waals surface area contributed by atoms with Crippen LogP contribution in [0.25, 0.3) is 0 Å². The minimum atomic E-state index is 0. The Bertz CT molecular complexity index is 6.00. The summed E-state index contributed by atoms with van der Waals surface area (Å²) in [4.78, 5) is 0. The predicted octanol–water partition coefficient (Wildman–Crippen LogP) is 1.74. The summed E-state index contributed by atoms with van der Waals surface area (Å²) in [5, 5.41) is 0. The zero-order chi connectivity index (χ0) is 2.00. The molecule has 0 unspecified atom stereocenters. The standard InChI is InChI=1S/2CH3.BrH.Pd/h2*1H3;1H;/q-1;+1;;+2/p-1. The molecule has 2 heteroatoms. The first-order valence-corrected chi connectivity index (χ1v) is 3.67. The number of rotatable bonds is 0. The third-order valence-corrected chi connectivity index (χ3v) is 0. The summed E-state index contributed by atoms with van der Waals surface area (Å²) < 4.78 is 0. The maximum Gasteiger partial charge on any atom is 0.0467 e. The Morgan fingerprint density at radius 3 is 1.25 bits per heavy atom. The molecule has 0 aromatic heterocycles. The number of halogens is 1. The molecule has 0 aliphatic rings. The van der Waals surface area contributed by atoms with Crippen molar-refractivity contribution in [1.29, 1.82) is 0 Å². The van der Waals surface area contributed by atoms with Crippen LogP contribution in [0.1, 0.15) is 0 Å². The van der Waals surface area contributed by atoms with Crippen molar-refractivity contribution in [2.24, 2.45) is 0 Å². The van der Waals surface area contributed by atoms with Gasteiger partial charge in [0.1, 0.15) is 0 Å². The number of hydrogen-bond donors (Lipinski definition) is 0. The molecule has 0 heterocycles. The molecular weight excluding hydrogens is 210 g/mol. The van der Waals surface area contributed by atoms with Crippen molar-refractivity contribution in [2.45, 2.75) is 0 Å². The minimum absolute atomic E-state index is 0. The van der Waals surface area contributed by atoms with E-state index < -0.39 is 0 Å². The molecule has 0 bridgehead atoms. The second-order valence-electron chi connectivity index (χ2n) is 0. The van der Waals surface area contributed by atoms with Crippen LogP contribution < -0.4 is 0 Å². The molecule has 0 amide bonds. The average molecular weight is 216 g/mol. The van der Waals surface area contributed by atoms with Gasteiger partial charge in [-0.15, -0.1) is 0 Å². The van der Waals surface area contributed by atoms with E-state index in [9.17, 15) is 0 Å².